The Balaban J connectivity index is 1.32. The Morgan fingerprint density at radius 1 is 0.978 bits per heavy atom. The third kappa shape index (κ3) is 5.71. The molecule has 0 spiro atoms. The Morgan fingerprint density at radius 3 is 2.40 bits per heavy atom. The number of carbonyl (C=O) groups excluding carboxylic acids is 1. The summed E-state index contributed by atoms with van der Waals surface area (Å²) in [6.07, 6.45) is 5.27. The van der Waals surface area contributed by atoms with E-state index in [-0.39, 0.29) is 11.6 Å². The molecule has 3 heterocycles. The summed E-state index contributed by atoms with van der Waals surface area (Å²) in [5.41, 5.74) is 7.52. The number of hydrogen-bond acceptors (Lipinski definition) is 7. The molecule has 0 radical (unpaired) electrons. The van der Waals surface area contributed by atoms with Gasteiger partial charge in [0, 0.05) is 62.4 Å². The van der Waals surface area contributed by atoms with Gasteiger partial charge in [-0.15, -0.1) is 0 Å². The predicted octanol–water partition coefficient (Wildman–Crippen LogP) is 4.45. The van der Waals surface area contributed by atoms with Crippen LogP contribution in [0.15, 0.2) is 58.3 Å². The molecule has 1 fully saturated rings. The lowest BCUT2D eigenvalue weighted by molar-refractivity contribution is 0.0747. The zero-order chi connectivity index (χ0) is 31.8. The van der Waals surface area contributed by atoms with Gasteiger partial charge in [0.05, 0.1) is 12.8 Å². The van der Waals surface area contributed by atoms with Gasteiger partial charge in [0.2, 0.25) is 5.88 Å². The smallest absolute Gasteiger partial charge is 0.330 e. The second kappa shape index (κ2) is 12.5. The highest BCUT2D eigenvalue weighted by atomic mass is 16.5. The molecule has 6 rings (SSSR count). The van der Waals surface area contributed by atoms with Crippen LogP contribution in [0.4, 0.5) is 5.69 Å². The van der Waals surface area contributed by atoms with E-state index < -0.39 is 17.2 Å². The average molecular weight is 610 g/mol. The molecule has 0 saturated carbocycles. The molecule has 2 N–H and O–H groups in total. The fraction of sp³-hybridized carbons (Fsp3) is 0.371. The first kappa shape index (κ1) is 30.5. The number of aromatic nitrogens is 3. The molecule has 234 valence electrons. The average Bonchev–Trinajstić information content (AvgIpc) is 3.45. The first-order valence-electron chi connectivity index (χ1n) is 15.4. The largest absolute Gasteiger partial charge is 0.481 e. The summed E-state index contributed by atoms with van der Waals surface area (Å²) in [4.78, 5) is 42.9. The van der Waals surface area contributed by atoms with Crippen molar-refractivity contribution >= 4 is 11.6 Å². The number of carbonyl (C=O) groups is 1. The van der Waals surface area contributed by atoms with Crippen molar-refractivity contribution in [3.8, 4) is 28.3 Å². The molecule has 10 nitrogen and oxygen atoms in total. The quantitative estimate of drug-likeness (QED) is 0.318. The molecule has 4 aromatic rings. The number of fused-ring (bicyclic) bond motifs is 1. The number of benzene rings is 2. The van der Waals surface area contributed by atoms with Crippen LogP contribution in [0.3, 0.4) is 0 Å². The zero-order valence-electron chi connectivity index (χ0n) is 26.4. The van der Waals surface area contributed by atoms with E-state index in [2.05, 4.69) is 35.8 Å². The number of nitrogens with zero attached hydrogens (tertiary/aromatic N) is 3. The van der Waals surface area contributed by atoms with Gasteiger partial charge < -0.3 is 24.7 Å². The number of nitrogens with one attached hydrogen (secondary N) is 2. The second-order valence-electron chi connectivity index (χ2n) is 11.9. The van der Waals surface area contributed by atoms with Crippen molar-refractivity contribution in [1.29, 1.82) is 0 Å². The van der Waals surface area contributed by atoms with Crippen molar-refractivity contribution in [3.05, 3.63) is 97.3 Å². The van der Waals surface area contributed by atoms with Crippen LogP contribution < -0.4 is 26.6 Å². The van der Waals surface area contributed by atoms with Crippen LogP contribution in [-0.2, 0) is 25.3 Å². The van der Waals surface area contributed by atoms with Crippen molar-refractivity contribution in [2.75, 3.05) is 25.6 Å². The minimum Gasteiger partial charge on any atom is -0.481 e. The van der Waals surface area contributed by atoms with E-state index in [1.54, 1.807) is 13.2 Å². The highest BCUT2D eigenvalue weighted by Gasteiger charge is 2.31. The molecule has 1 saturated heterocycles. The van der Waals surface area contributed by atoms with Crippen molar-refractivity contribution < 1.29 is 14.3 Å². The lowest BCUT2D eigenvalue weighted by Gasteiger charge is -2.27. The number of pyridine rings is 1. The van der Waals surface area contributed by atoms with Crippen LogP contribution in [0.1, 0.15) is 57.9 Å². The van der Waals surface area contributed by atoms with Gasteiger partial charge in [0.1, 0.15) is 5.56 Å². The Bertz CT molecular complexity index is 1900. The van der Waals surface area contributed by atoms with Crippen LogP contribution in [0.2, 0.25) is 0 Å². The van der Waals surface area contributed by atoms with Gasteiger partial charge in [-0.3, -0.25) is 14.2 Å². The molecular weight excluding hydrogens is 570 g/mol. The molecule has 1 atom stereocenters. The number of ether oxygens (including phenoxy) is 2. The van der Waals surface area contributed by atoms with Gasteiger partial charge in [-0.25, -0.2) is 9.78 Å². The first-order chi connectivity index (χ1) is 21.7. The Morgan fingerprint density at radius 2 is 1.67 bits per heavy atom. The van der Waals surface area contributed by atoms with Crippen molar-refractivity contribution in [3.63, 3.8) is 0 Å². The van der Waals surface area contributed by atoms with E-state index in [4.69, 9.17) is 14.5 Å². The highest BCUT2D eigenvalue weighted by Crippen LogP contribution is 2.41. The van der Waals surface area contributed by atoms with Gasteiger partial charge in [0.25, 0.3) is 11.5 Å². The molecule has 2 aromatic heterocycles. The van der Waals surface area contributed by atoms with Gasteiger partial charge in [-0.2, -0.15) is 0 Å². The first-order valence-corrected chi connectivity index (χ1v) is 15.4. The summed E-state index contributed by atoms with van der Waals surface area (Å²) in [6.45, 7) is 5.62. The maximum Gasteiger partial charge on any atom is 0.330 e. The van der Waals surface area contributed by atoms with Crippen molar-refractivity contribution in [1.82, 2.24) is 19.4 Å². The maximum atomic E-state index is 13.2. The van der Waals surface area contributed by atoms with Gasteiger partial charge in [0.15, 0.2) is 0 Å². The van der Waals surface area contributed by atoms with Crippen LogP contribution in [-0.4, -0.2) is 46.4 Å². The normalized spacial score (nSPS) is 16.4. The Hall–Kier alpha value is -4.54. The molecule has 2 aliphatic rings. The number of aryl methyl sites for hydroxylation is 2. The lowest BCUT2D eigenvalue weighted by atomic mass is 9.91. The molecule has 10 heteroatoms. The second-order valence-corrected chi connectivity index (χ2v) is 11.9. The maximum absolute atomic E-state index is 13.2. The number of rotatable bonds is 7. The van der Waals surface area contributed by atoms with Gasteiger partial charge in [-0.1, -0.05) is 30.3 Å². The van der Waals surface area contributed by atoms with E-state index in [9.17, 15) is 14.4 Å². The molecule has 1 aliphatic heterocycles. The zero-order valence-corrected chi connectivity index (χ0v) is 26.4. The topological polar surface area (TPSA) is 116 Å². The standard InChI is InChI=1S/C35H39N5O5/c1-20-24(25-9-7-11-28(21(25)2)37-32(41)27-19-39(3)35(43)40(4)34(27)42)8-6-10-26(20)30-18-22-12-13-29(31(22)33(38-30)44-5)36-23-14-16-45-17-15-23/h6-11,18-19,23,29,36H,12-17H2,1-5H3,(H,37,41)/t29-/m0/s1. The summed E-state index contributed by atoms with van der Waals surface area (Å²) in [7, 11) is 4.55. The monoisotopic (exact) mass is 609 g/mol. The lowest BCUT2D eigenvalue weighted by Crippen LogP contribution is -2.40. The van der Waals surface area contributed by atoms with Gasteiger partial charge >= 0.3 is 5.69 Å². The van der Waals surface area contributed by atoms with E-state index in [1.807, 2.05) is 25.1 Å². The molecule has 0 unspecified atom stereocenters. The summed E-state index contributed by atoms with van der Waals surface area (Å²) < 4.78 is 13.6. The minimum absolute atomic E-state index is 0.107. The van der Waals surface area contributed by atoms with Crippen molar-refractivity contribution in [2.45, 2.75) is 51.6 Å². The molecule has 1 aliphatic carbocycles. The Kier molecular flexibility index (Phi) is 8.44. The summed E-state index contributed by atoms with van der Waals surface area (Å²) in [6, 6.07) is 14.7. The SMILES string of the molecule is COc1nc(-c2cccc(-c3cccc(NC(=O)c4cn(C)c(=O)n(C)c4=O)c3C)c2C)cc2c1[C@@H](NC1CCOCC1)CC2. The molecule has 2 aromatic carbocycles. The predicted molar refractivity (Wildman–Crippen MR) is 174 cm³/mol. The fourth-order valence-corrected chi connectivity index (χ4v) is 6.64. The number of methoxy groups -OCH3 is 1. The minimum atomic E-state index is -0.643. The van der Waals surface area contributed by atoms with Crippen LogP contribution in [0.25, 0.3) is 22.4 Å². The van der Waals surface area contributed by atoms with Gasteiger partial charge in [-0.05, 0) is 79.5 Å². The van der Waals surface area contributed by atoms with Crippen LogP contribution in [0, 0.1) is 13.8 Å². The molecule has 1 amide bonds. The molecule has 0 bridgehead atoms. The summed E-state index contributed by atoms with van der Waals surface area (Å²) in [5.74, 6) is 0.0933. The number of anilines is 1. The van der Waals surface area contributed by atoms with E-state index >= 15 is 0 Å². The molecule has 45 heavy (non-hydrogen) atoms. The molecular formula is C35H39N5O5. The third-order valence-corrected chi connectivity index (χ3v) is 9.18. The Labute approximate surface area is 262 Å². The van der Waals surface area contributed by atoms with E-state index in [1.165, 1.54) is 30.4 Å². The van der Waals surface area contributed by atoms with Crippen molar-refractivity contribution in [2.24, 2.45) is 14.1 Å². The fourth-order valence-electron chi connectivity index (χ4n) is 6.64. The summed E-state index contributed by atoms with van der Waals surface area (Å²) in [5, 5.41) is 6.72. The van der Waals surface area contributed by atoms with E-state index in [0.717, 1.165) is 82.5 Å². The van der Waals surface area contributed by atoms with Crippen LogP contribution in [0.5, 0.6) is 5.88 Å². The highest BCUT2D eigenvalue weighted by molar-refractivity contribution is 6.04. The third-order valence-electron chi connectivity index (χ3n) is 9.18. The van der Waals surface area contributed by atoms with E-state index in [0.29, 0.717) is 17.6 Å². The number of hydrogen-bond donors (Lipinski definition) is 2. The number of amides is 1. The van der Waals surface area contributed by atoms with Crippen LogP contribution >= 0.6 is 0 Å². The summed E-state index contributed by atoms with van der Waals surface area (Å²) >= 11 is 0.